The van der Waals surface area contributed by atoms with Crippen LogP contribution < -0.4 is 4.74 Å². The lowest BCUT2D eigenvalue weighted by Gasteiger charge is -2.11. The molecular weight excluding hydrogens is 370 g/mol. The molecule has 0 saturated heterocycles. The summed E-state index contributed by atoms with van der Waals surface area (Å²) in [6.45, 7) is 7.29. The molecule has 27 heavy (non-hydrogen) atoms. The van der Waals surface area contributed by atoms with Crippen LogP contribution in [0.3, 0.4) is 0 Å². The van der Waals surface area contributed by atoms with Gasteiger partial charge in [-0.05, 0) is 43.7 Å². The Kier molecular flexibility index (Phi) is 4.04. The number of benzene rings is 2. The fraction of sp³-hybridized carbons (Fsp3) is 0.211. The molecule has 2 heterocycles. The molecule has 0 unspecified atom stereocenters. The minimum Gasteiger partial charge on any atom is -0.505 e. The van der Waals surface area contributed by atoms with Gasteiger partial charge in [-0.25, -0.2) is 4.79 Å². The number of hydrogen-bond donors (Lipinski definition) is 1. The number of aryl methyl sites for hydroxylation is 1. The van der Waals surface area contributed by atoms with Crippen LogP contribution in [0, 0.1) is 6.92 Å². The van der Waals surface area contributed by atoms with Crippen molar-refractivity contribution in [2.24, 2.45) is 0 Å². The minimum atomic E-state index is -0.451. The minimum absolute atomic E-state index is 0.0842. The maximum absolute atomic E-state index is 11.3. The number of ether oxygens (including phenoxy) is 2. The average molecular weight is 388 g/mol. The highest BCUT2D eigenvalue weighted by Crippen LogP contribution is 2.35. The Labute approximate surface area is 159 Å². The summed E-state index contributed by atoms with van der Waals surface area (Å²) in [5.74, 6) is 0.164. The van der Waals surface area contributed by atoms with Crippen molar-refractivity contribution < 1.29 is 19.4 Å². The van der Waals surface area contributed by atoms with Gasteiger partial charge < -0.3 is 14.6 Å². The number of aromatic nitrogens is 3. The summed E-state index contributed by atoms with van der Waals surface area (Å²) in [5, 5.41) is 11.1. The molecule has 0 aliphatic carbocycles. The van der Waals surface area contributed by atoms with E-state index >= 15 is 0 Å². The van der Waals surface area contributed by atoms with Crippen molar-refractivity contribution in [1.82, 2.24) is 14.1 Å². The molecule has 2 aromatic heterocycles. The number of fused-ring (bicyclic) bond motifs is 4. The molecule has 0 amide bonds. The number of aromatic hydroxyl groups is 1. The molecule has 4 rings (SSSR count). The standard InChI is InChI=1S/C19H18ClN3O4/c1-11(2)19(25)27-7-6-26-18-10-17(24)16(8-12(18)3)23-21-14-5-4-13(20)9-15(14)22(21)23/h4-5,8-10,24H,1,6-7H2,2-3H3. The molecule has 0 radical (unpaired) electrons. The predicted molar refractivity (Wildman–Crippen MR) is 102 cm³/mol. The Hall–Kier alpha value is -3.06. The normalized spacial score (nSPS) is 11.5. The number of halogens is 1. The Balaban J connectivity index is 1.51. The smallest absolute Gasteiger partial charge is 0.333 e. The highest BCUT2D eigenvalue weighted by atomic mass is 35.5. The second-order valence-electron chi connectivity index (χ2n) is 6.37. The number of nitrogens with zero attached hydrogens (tertiary/aromatic N) is 3. The predicted octanol–water partition coefficient (Wildman–Crippen LogP) is 3.59. The third-order valence-corrected chi connectivity index (χ3v) is 4.52. The topological polar surface area (TPSA) is 69.5 Å². The van der Waals surface area contributed by atoms with Gasteiger partial charge in [0.1, 0.15) is 41.4 Å². The van der Waals surface area contributed by atoms with Crippen molar-refractivity contribution in [2.45, 2.75) is 13.8 Å². The molecule has 4 aromatic rings. The van der Waals surface area contributed by atoms with E-state index in [4.69, 9.17) is 21.1 Å². The summed E-state index contributed by atoms with van der Waals surface area (Å²) >= 11 is 6.04. The van der Waals surface area contributed by atoms with Crippen LogP contribution in [0.15, 0.2) is 42.5 Å². The lowest BCUT2D eigenvalue weighted by Crippen LogP contribution is -2.12. The second kappa shape index (κ2) is 6.28. The Bertz CT molecular complexity index is 1170. The first-order chi connectivity index (χ1) is 12.9. The Morgan fingerprint density at radius 3 is 2.67 bits per heavy atom. The van der Waals surface area contributed by atoms with Crippen LogP contribution >= 0.6 is 11.6 Å². The summed E-state index contributed by atoms with van der Waals surface area (Å²) in [7, 11) is 0. The van der Waals surface area contributed by atoms with Gasteiger partial charge in [0.15, 0.2) is 0 Å². The van der Waals surface area contributed by atoms with Gasteiger partial charge in [-0.1, -0.05) is 18.2 Å². The molecule has 2 aromatic carbocycles. The molecule has 0 spiro atoms. The highest BCUT2D eigenvalue weighted by molar-refractivity contribution is 6.31. The summed E-state index contributed by atoms with van der Waals surface area (Å²) in [5.41, 5.74) is 3.84. The second-order valence-corrected chi connectivity index (χ2v) is 6.81. The van der Waals surface area contributed by atoms with E-state index < -0.39 is 5.97 Å². The molecule has 140 valence electrons. The molecule has 0 atom stereocenters. The van der Waals surface area contributed by atoms with Gasteiger partial charge in [0.05, 0.1) is 0 Å². The van der Waals surface area contributed by atoms with E-state index in [1.165, 1.54) is 0 Å². The van der Waals surface area contributed by atoms with Gasteiger partial charge in [0.25, 0.3) is 0 Å². The number of phenols is 1. The van der Waals surface area contributed by atoms with Gasteiger partial charge in [-0.2, -0.15) is 0 Å². The SMILES string of the molecule is C=C(C)C(=O)OCCOc1cc(O)c(-n2n3c4ccc(Cl)cc4n23)cc1C. The number of phenolic OH excluding ortho intramolecular Hbond substituents is 1. The Morgan fingerprint density at radius 2 is 1.93 bits per heavy atom. The molecule has 0 saturated carbocycles. The van der Waals surface area contributed by atoms with E-state index in [0.29, 0.717) is 22.0 Å². The average Bonchev–Trinajstić information content (AvgIpc) is 3.28. The maximum atomic E-state index is 11.3. The highest BCUT2D eigenvalue weighted by Gasteiger charge is 2.26. The maximum Gasteiger partial charge on any atom is 0.333 e. The monoisotopic (exact) mass is 387 g/mol. The first-order valence-corrected chi connectivity index (χ1v) is 8.75. The van der Waals surface area contributed by atoms with E-state index in [2.05, 4.69) is 6.58 Å². The summed E-state index contributed by atoms with van der Waals surface area (Å²) in [6.07, 6.45) is 0. The van der Waals surface area contributed by atoms with Crippen molar-refractivity contribution in [1.29, 1.82) is 0 Å². The number of esters is 1. The van der Waals surface area contributed by atoms with Crippen molar-refractivity contribution >= 4 is 28.6 Å². The molecule has 0 aliphatic rings. The lowest BCUT2D eigenvalue weighted by molar-refractivity contribution is -0.139. The van der Waals surface area contributed by atoms with Gasteiger partial charge >= 0.3 is 5.97 Å². The van der Waals surface area contributed by atoms with E-state index in [1.54, 1.807) is 13.0 Å². The lowest BCUT2D eigenvalue weighted by atomic mass is 10.2. The van der Waals surface area contributed by atoms with Crippen LogP contribution in [-0.4, -0.2) is 38.3 Å². The molecule has 8 heteroatoms. The van der Waals surface area contributed by atoms with E-state index in [9.17, 15) is 9.90 Å². The Morgan fingerprint density at radius 1 is 1.19 bits per heavy atom. The van der Waals surface area contributed by atoms with Crippen LogP contribution in [-0.2, 0) is 9.53 Å². The summed E-state index contributed by atoms with van der Waals surface area (Å²) in [6, 6.07) is 9.04. The molecule has 7 nitrogen and oxygen atoms in total. The van der Waals surface area contributed by atoms with Gasteiger partial charge in [-0.15, -0.1) is 14.1 Å². The summed E-state index contributed by atoms with van der Waals surface area (Å²) < 4.78 is 14.4. The van der Waals surface area contributed by atoms with Crippen LogP contribution in [0.2, 0.25) is 5.02 Å². The van der Waals surface area contributed by atoms with Crippen LogP contribution in [0.4, 0.5) is 0 Å². The first-order valence-electron chi connectivity index (χ1n) is 8.37. The number of carbonyl (C=O) groups excluding carboxylic acids is 1. The van der Waals surface area contributed by atoms with E-state index in [1.807, 2.05) is 45.2 Å². The van der Waals surface area contributed by atoms with E-state index in [0.717, 1.165) is 16.6 Å². The zero-order valence-corrected chi connectivity index (χ0v) is 15.7. The first kappa shape index (κ1) is 17.4. The molecule has 0 aliphatic heterocycles. The van der Waals surface area contributed by atoms with Crippen molar-refractivity contribution in [3.05, 3.63) is 53.1 Å². The van der Waals surface area contributed by atoms with Gasteiger partial charge in [0, 0.05) is 16.7 Å². The van der Waals surface area contributed by atoms with Crippen LogP contribution in [0.1, 0.15) is 12.5 Å². The molecule has 0 bridgehead atoms. The van der Waals surface area contributed by atoms with Crippen LogP contribution in [0.5, 0.6) is 11.5 Å². The fourth-order valence-electron chi connectivity index (χ4n) is 2.91. The van der Waals surface area contributed by atoms with E-state index in [-0.39, 0.29) is 19.0 Å². The number of carbonyl (C=O) groups is 1. The molecular formula is C19H18ClN3O4. The zero-order chi connectivity index (χ0) is 19.3. The number of rotatable bonds is 6. The third-order valence-electron chi connectivity index (χ3n) is 4.29. The zero-order valence-electron chi connectivity index (χ0n) is 14.9. The van der Waals surface area contributed by atoms with Crippen LogP contribution in [0.25, 0.3) is 16.7 Å². The van der Waals surface area contributed by atoms with Crippen molar-refractivity contribution in [3.8, 4) is 17.2 Å². The molecule has 0 fully saturated rings. The summed E-state index contributed by atoms with van der Waals surface area (Å²) in [4.78, 5) is 13.2. The van der Waals surface area contributed by atoms with Gasteiger partial charge in [-0.3, -0.25) is 0 Å². The fourth-order valence-corrected chi connectivity index (χ4v) is 3.07. The number of hydrogen-bond acceptors (Lipinski definition) is 4. The van der Waals surface area contributed by atoms with Crippen molar-refractivity contribution in [3.63, 3.8) is 0 Å². The quantitative estimate of drug-likeness (QED) is 0.312. The van der Waals surface area contributed by atoms with Crippen molar-refractivity contribution in [2.75, 3.05) is 13.2 Å². The van der Waals surface area contributed by atoms with Gasteiger partial charge in [0.2, 0.25) is 0 Å². The molecule has 1 N–H and O–H groups in total. The third kappa shape index (κ3) is 2.90. The largest absolute Gasteiger partial charge is 0.505 e.